The maximum atomic E-state index is 12.4. The Balaban J connectivity index is 2.08. The van der Waals surface area contributed by atoms with E-state index in [0.29, 0.717) is 18.6 Å². The van der Waals surface area contributed by atoms with Gasteiger partial charge in [0.2, 0.25) is 0 Å². The Morgan fingerprint density at radius 2 is 1.79 bits per heavy atom. The van der Waals surface area contributed by atoms with Crippen LogP contribution in [0.4, 0.5) is 0 Å². The lowest BCUT2D eigenvalue weighted by Gasteiger charge is -2.30. The molecule has 2 N–H and O–H groups in total. The van der Waals surface area contributed by atoms with Gasteiger partial charge in [-0.15, -0.1) is 0 Å². The van der Waals surface area contributed by atoms with Gasteiger partial charge in [-0.3, -0.25) is 9.59 Å². The normalized spacial score (nSPS) is 11.1. The molecule has 0 radical (unpaired) electrons. The average Bonchev–Trinajstić information content (AvgIpc) is 3.03. The Labute approximate surface area is 140 Å². The lowest BCUT2D eigenvalue weighted by atomic mass is 9.89. The number of ether oxygens (including phenoxy) is 1. The molecule has 1 aromatic heterocycles. The minimum atomic E-state index is -0.952. The fourth-order valence-electron chi connectivity index (χ4n) is 2.41. The Hall–Kier alpha value is -2.76. The molecule has 6 heteroatoms. The van der Waals surface area contributed by atoms with Crippen LogP contribution in [0.3, 0.4) is 0 Å². The number of rotatable bonds is 8. The van der Waals surface area contributed by atoms with Crippen molar-refractivity contribution in [2.24, 2.45) is 0 Å². The molecule has 0 aliphatic rings. The van der Waals surface area contributed by atoms with Crippen LogP contribution in [-0.2, 0) is 4.79 Å². The first-order chi connectivity index (χ1) is 11.5. The summed E-state index contributed by atoms with van der Waals surface area (Å²) in [5.41, 5.74) is -0.795. The molecule has 0 spiro atoms. The summed E-state index contributed by atoms with van der Waals surface area (Å²) in [6.07, 6.45) is 0.880. The number of benzene rings is 1. The van der Waals surface area contributed by atoms with E-state index in [1.807, 2.05) is 32.0 Å². The summed E-state index contributed by atoms with van der Waals surface area (Å²) < 4.78 is 10.9. The van der Waals surface area contributed by atoms with Crippen molar-refractivity contribution in [2.75, 3.05) is 0 Å². The van der Waals surface area contributed by atoms with Crippen LogP contribution in [0, 0.1) is 0 Å². The van der Waals surface area contributed by atoms with Gasteiger partial charge in [-0.25, -0.2) is 0 Å². The van der Waals surface area contributed by atoms with Gasteiger partial charge in [-0.05, 0) is 31.0 Å². The molecule has 0 aliphatic heterocycles. The van der Waals surface area contributed by atoms with Gasteiger partial charge in [0.15, 0.2) is 5.76 Å². The lowest BCUT2D eigenvalue weighted by molar-refractivity contribution is -0.138. The summed E-state index contributed by atoms with van der Waals surface area (Å²) in [6.45, 7) is 3.69. The van der Waals surface area contributed by atoms with Gasteiger partial charge in [-0.1, -0.05) is 32.0 Å². The van der Waals surface area contributed by atoms with E-state index >= 15 is 0 Å². The van der Waals surface area contributed by atoms with Crippen LogP contribution in [0.5, 0.6) is 11.7 Å². The molecular formula is C18H21NO5. The van der Waals surface area contributed by atoms with E-state index in [-0.39, 0.29) is 18.1 Å². The second-order valence-electron chi connectivity index (χ2n) is 5.55. The van der Waals surface area contributed by atoms with Crippen LogP contribution >= 0.6 is 0 Å². The molecule has 1 amide bonds. The number of carboxylic acid groups (broad SMARTS) is 1. The van der Waals surface area contributed by atoms with Gasteiger partial charge in [0.25, 0.3) is 11.9 Å². The molecule has 0 bridgehead atoms. The number of amides is 1. The smallest absolute Gasteiger partial charge is 0.305 e. The number of carbonyl (C=O) groups excluding carboxylic acids is 1. The molecule has 0 saturated carbocycles. The molecule has 6 nitrogen and oxygen atoms in total. The average molecular weight is 331 g/mol. The molecule has 0 fully saturated rings. The van der Waals surface area contributed by atoms with Crippen molar-refractivity contribution in [3.05, 3.63) is 48.2 Å². The Bertz CT molecular complexity index is 688. The summed E-state index contributed by atoms with van der Waals surface area (Å²) in [5.74, 6) is -0.531. The molecule has 1 heterocycles. The SMILES string of the molecule is CCC(CC)(CC(=O)O)NC(=O)c1ccc(Oc2ccccc2)o1. The Kier molecular flexibility index (Phi) is 5.63. The van der Waals surface area contributed by atoms with Gasteiger partial charge in [0.1, 0.15) is 5.75 Å². The van der Waals surface area contributed by atoms with E-state index in [2.05, 4.69) is 5.32 Å². The maximum absolute atomic E-state index is 12.4. The highest BCUT2D eigenvalue weighted by molar-refractivity contribution is 5.92. The highest BCUT2D eigenvalue weighted by atomic mass is 16.6. The molecule has 1 aromatic carbocycles. The van der Waals surface area contributed by atoms with Crippen molar-refractivity contribution >= 4 is 11.9 Å². The number of aliphatic carboxylic acids is 1. The highest BCUT2D eigenvalue weighted by Crippen LogP contribution is 2.25. The van der Waals surface area contributed by atoms with Crippen molar-refractivity contribution < 1.29 is 23.8 Å². The second-order valence-corrected chi connectivity index (χ2v) is 5.55. The summed E-state index contributed by atoms with van der Waals surface area (Å²) >= 11 is 0. The third-order valence-corrected chi connectivity index (χ3v) is 3.99. The van der Waals surface area contributed by atoms with Crippen LogP contribution in [0.1, 0.15) is 43.7 Å². The molecule has 0 atom stereocenters. The summed E-state index contributed by atoms with van der Waals surface area (Å²) in [4.78, 5) is 23.4. The second kappa shape index (κ2) is 7.68. The third kappa shape index (κ3) is 4.38. The summed E-state index contributed by atoms with van der Waals surface area (Å²) in [6, 6.07) is 12.1. The molecule has 2 aromatic rings. The van der Waals surface area contributed by atoms with E-state index in [1.165, 1.54) is 6.07 Å². The zero-order valence-electron chi connectivity index (χ0n) is 13.7. The van der Waals surface area contributed by atoms with Crippen molar-refractivity contribution in [3.8, 4) is 11.7 Å². The minimum Gasteiger partial charge on any atom is -0.481 e. The Morgan fingerprint density at radius 1 is 1.12 bits per heavy atom. The van der Waals surface area contributed by atoms with Gasteiger partial charge in [0, 0.05) is 6.07 Å². The van der Waals surface area contributed by atoms with Gasteiger partial charge < -0.3 is 19.6 Å². The number of carboxylic acids is 1. The summed E-state index contributed by atoms with van der Waals surface area (Å²) in [5, 5.41) is 11.9. The number of para-hydroxylation sites is 1. The number of hydrogen-bond donors (Lipinski definition) is 2. The monoisotopic (exact) mass is 331 g/mol. The topological polar surface area (TPSA) is 88.8 Å². The standard InChI is InChI=1S/C18H21NO5/c1-3-18(4-2,12-15(20)21)19-17(22)14-10-11-16(24-14)23-13-8-6-5-7-9-13/h5-11H,3-4,12H2,1-2H3,(H,19,22)(H,20,21). The zero-order valence-corrected chi connectivity index (χ0v) is 13.7. The predicted molar refractivity (Wildman–Crippen MR) is 88.3 cm³/mol. The lowest BCUT2D eigenvalue weighted by Crippen LogP contribution is -2.49. The third-order valence-electron chi connectivity index (χ3n) is 3.99. The molecule has 0 unspecified atom stereocenters. The minimum absolute atomic E-state index is 0.0811. The predicted octanol–water partition coefficient (Wildman–Crippen LogP) is 3.84. The van der Waals surface area contributed by atoms with E-state index in [1.54, 1.807) is 18.2 Å². The van der Waals surface area contributed by atoms with E-state index < -0.39 is 17.4 Å². The molecule has 0 saturated heterocycles. The van der Waals surface area contributed by atoms with Crippen LogP contribution < -0.4 is 10.1 Å². The van der Waals surface area contributed by atoms with Crippen molar-refractivity contribution in [1.29, 1.82) is 0 Å². The number of nitrogens with one attached hydrogen (secondary N) is 1. The Morgan fingerprint density at radius 3 is 2.38 bits per heavy atom. The van der Waals surface area contributed by atoms with Crippen LogP contribution in [-0.4, -0.2) is 22.5 Å². The number of carbonyl (C=O) groups is 2. The van der Waals surface area contributed by atoms with Crippen LogP contribution in [0.15, 0.2) is 46.9 Å². The van der Waals surface area contributed by atoms with E-state index in [9.17, 15) is 9.59 Å². The van der Waals surface area contributed by atoms with Gasteiger partial charge in [0.05, 0.1) is 12.0 Å². The first kappa shape index (κ1) is 17.6. The first-order valence-corrected chi connectivity index (χ1v) is 7.85. The fraction of sp³-hybridized carbons (Fsp3) is 0.333. The zero-order chi connectivity index (χ0) is 17.6. The fourth-order valence-corrected chi connectivity index (χ4v) is 2.41. The maximum Gasteiger partial charge on any atom is 0.305 e. The van der Waals surface area contributed by atoms with Crippen LogP contribution in [0.2, 0.25) is 0 Å². The van der Waals surface area contributed by atoms with Crippen LogP contribution in [0.25, 0.3) is 0 Å². The summed E-state index contributed by atoms with van der Waals surface area (Å²) in [7, 11) is 0. The van der Waals surface area contributed by atoms with Crippen molar-refractivity contribution in [3.63, 3.8) is 0 Å². The highest BCUT2D eigenvalue weighted by Gasteiger charge is 2.32. The molecule has 128 valence electrons. The van der Waals surface area contributed by atoms with Crippen molar-refractivity contribution in [1.82, 2.24) is 5.32 Å². The number of hydrogen-bond acceptors (Lipinski definition) is 4. The van der Waals surface area contributed by atoms with Gasteiger partial charge >= 0.3 is 5.97 Å². The quantitative estimate of drug-likeness (QED) is 0.767. The molecule has 0 aliphatic carbocycles. The van der Waals surface area contributed by atoms with E-state index in [4.69, 9.17) is 14.3 Å². The molecular weight excluding hydrogens is 310 g/mol. The molecule has 24 heavy (non-hydrogen) atoms. The van der Waals surface area contributed by atoms with E-state index in [0.717, 1.165) is 0 Å². The molecule has 2 rings (SSSR count). The largest absolute Gasteiger partial charge is 0.481 e. The van der Waals surface area contributed by atoms with Crippen molar-refractivity contribution in [2.45, 2.75) is 38.6 Å². The van der Waals surface area contributed by atoms with Gasteiger partial charge in [-0.2, -0.15) is 0 Å². The first-order valence-electron chi connectivity index (χ1n) is 7.85. The number of furan rings is 1.